The molecular formula is C18H24N4O4. The summed E-state index contributed by atoms with van der Waals surface area (Å²) in [5.41, 5.74) is 0.698. The van der Waals surface area contributed by atoms with Gasteiger partial charge in [-0.25, -0.2) is 14.6 Å². The van der Waals surface area contributed by atoms with Gasteiger partial charge in [-0.05, 0) is 32.8 Å². The Labute approximate surface area is 151 Å². The molecule has 0 spiro atoms. The highest BCUT2D eigenvalue weighted by Crippen LogP contribution is 2.29. The van der Waals surface area contributed by atoms with Crippen molar-refractivity contribution in [2.75, 3.05) is 18.4 Å². The van der Waals surface area contributed by atoms with Crippen LogP contribution in [-0.2, 0) is 4.74 Å². The standard InChI is InChI=1S/C18H24N4O4/c1-10-8-22(17(25)26-18(2,3)4)9-13(10)21-14-11-5-6-19-15(11)20-7-12(14)16(23)24/h5-7,10,13H,8-9H2,1-4H3,(H,23,24)(H2,19,20,21)/t10-,13-/m0/s1. The Hall–Kier alpha value is -2.77. The van der Waals surface area contributed by atoms with Gasteiger partial charge in [0.1, 0.15) is 16.8 Å². The van der Waals surface area contributed by atoms with Crippen molar-refractivity contribution in [2.45, 2.75) is 39.3 Å². The molecule has 2 aromatic rings. The third-order valence-electron chi connectivity index (χ3n) is 4.41. The van der Waals surface area contributed by atoms with Crippen molar-refractivity contribution in [3.63, 3.8) is 0 Å². The maximum absolute atomic E-state index is 12.3. The van der Waals surface area contributed by atoms with Crippen molar-refractivity contribution < 1.29 is 19.4 Å². The summed E-state index contributed by atoms with van der Waals surface area (Å²) in [4.78, 5) is 32.7. The lowest BCUT2D eigenvalue weighted by molar-refractivity contribution is 0.0288. The molecule has 0 radical (unpaired) electrons. The van der Waals surface area contributed by atoms with E-state index in [9.17, 15) is 14.7 Å². The normalized spacial score (nSPS) is 20.4. The number of ether oxygens (including phenoxy) is 1. The highest BCUT2D eigenvalue weighted by molar-refractivity contribution is 6.03. The van der Waals surface area contributed by atoms with Crippen molar-refractivity contribution in [3.8, 4) is 0 Å². The van der Waals surface area contributed by atoms with Gasteiger partial charge in [0.2, 0.25) is 0 Å². The van der Waals surface area contributed by atoms with E-state index in [-0.39, 0.29) is 23.6 Å². The van der Waals surface area contributed by atoms with Crippen molar-refractivity contribution in [2.24, 2.45) is 5.92 Å². The number of anilines is 1. The second kappa shape index (κ2) is 6.51. The molecule has 0 bridgehead atoms. The minimum absolute atomic E-state index is 0.0823. The second-order valence-electron chi connectivity index (χ2n) is 7.71. The highest BCUT2D eigenvalue weighted by atomic mass is 16.6. The van der Waals surface area contributed by atoms with E-state index in [1.165, 1.54) is 6.20 Å². The van der Waals surface area contributed by atoms with Gasteiger partial charge < -0.3 is 25.0 Å². The van der Waals surface area contributed by atoms with Crippen LogP contribution in [0.25, 0.3) is 11.0 Å². The van der Waals surface area contributed by atoms with Gasteiger partial charge in [0.05, 0.1) is 5.69 Å². The van der Waals surface area contributed by atoms with Crippen LogP contribution in [0.3, 0.4) is 0 Å². The SMILES string of the molecule is C[C@H]1CN(C(=O)OC(C)(C)C)C[C@@H]1Nc1c(C(=O)O)cnc2[nH]ccc12. The number of carbonyl (C=O) groups excluding carboxylic acids is 1. The van der Waals surface area contributed by atoms with E-state index in [0.717, 1.165) is 0 Å². The third-order valence-corrected chi connectivity index (χ3v) is 4.41. The Kier molecular flexibility index (Phi) is 4.52. The molecule has 1 amide bonds. The Morgan fingerprint density at radius 3 is 2.77 bits per heavy atom. The predicted molar refractivity (Wildman–Crippen MR) is 97.4 cm³/mol. The van der Waals surface area contributed by atoms with Crippen LogP contribution in [-0.4, -0.2) is 56.8 Å². The predicted octanol–water partition coefficient (Wildman–Crippen LogP) is 2.93. The van der Waals surface area contributed by atoms with Crippen LogP contribution in [0.1, 0.15) is 38.1 Å². The first-order valence-corrected chi connectivity index (χ1v) is 8.59. The maximum Gasteiger partial charge on any atom is 0.410 e. The molecule has 0 saturated carbocycles. The van der Waals surface area contributed by atoms with Crippen molar-refractivity contribution in [1.82, 2.24) is 14.9 Å². The van der Waals surface area contributed by atoms with Crippen molar-refractivity contribution in [3.05, 3.63) is 24.0 Å². The number of nitrogens with zero attached hydrogens (tertiary/aromatic N) is 2. The van der Waals surface area contributed by atoms with E-state index in [1.807, 2.05) is 27.7 Å². The molecular weight excluding hydrogens is 336 g/mol. The lowest BCUT2D eigenvalue weighted by Crippen LogP contribution is -2.36. The Bertz CT molecular complexity index is 839. The number of fused-ring (bicyclic) bond motifs is 1. The topological polar surface area (TPSA) is 108 Å². The molecule has 8 nitrogen and oxygen atoms in total. The number of aromatic carboxylic acids is 1. The molecule has 8 heteroatoms. The third kappa shape index (κ3) is 3.58. The van der Waals surface area contributed by atoms with E-state index in [0.29, 0.717) is 29.8 Å². The number of pyridine rings is 1. The summed E-state index contributed by atoms with van der Waals surface area (Å²) in [7, 11) is 0. The number of likely N-dealkylation sites (tertiary alicyclic amines) is 1. The highest BCUT2D eigenvalue weighted by Gasteiger charge is 2.35. The van der Waals surface area contributed by atoms with Gasteiger partial charge in [0.15, 0.2) is 0 Å². The number of H-pyrrole nitrogens is 1. The number of hydrogen-bond acceptors (Lipinski definition) is 5. The number of aromatic amines is 1. The molecule has 0 unspecified atom stereocenters. The molecule has 1 fully saturated rings. The van der Waals surface area contributed by atoms with Gasteiger partial charge >= 0.3 is 12.1 Å². The van der Waals surface area contributed by atoms with Crippen LogP contribution in [0.2, 0.25) is 0 Å². The van der Waals surface area contributed by atoms with Crippen LogP contribution in [0.5, 0.6) is 0 Å². The molecule has 140 valence electrons. The number of carboxylic acids is 1. The molecule has 2 aromatic heterocycles. The summed E-state index contributed by atoms with van der Waals surface area (Å²) in [5, 5.41) is 13.5. The number of amides is 1. The summed E-state index contributed by atoms with van der Waals surface area (Å²) >= 11 is 0. The Balaban J connectivity index is 1.82. The molecule has 0 aromatic carbocycles. The van der Waals surface area contributed by atoms with Gasteiger partial charge in [0, 0.05) is 36.9 Å². The Morgan fingerprint density at radius 2 is 2.12 bits per heavy atom. The summed E-state index contributed by atoms with van der Waals surface area (Å²) in [6.07, 6.45) is 2.71. The van der Waals surface area contributed by atoms with Gasteiger partial charge in [-0.15, -0.1) is 0 Å². The largest absolute Gasteiger partial charge is 0.478 e. The lowest BCUT2D eigenvalue weighted by Gasteiger charge is -2.24. The monoisotopic (exact) mass is 360 g/mol. The molecule has 26 heavy (non-hydrogen) atoms. The number of hydrogen-bond donors (Lipinski definition) is 3. The first kappa shape index (κ1) is 18.0. The summed E-state index contributed by atoms with van der Waals surface area (Å²) in [6.45, 7) is 8.52. The maximum atomic E-state index is 12.3. The smallest absolute Gasteiger partial charge is 0.410 e. The first-order valence-electron chi connectivity index (χ1n) is 8.59. The molecule has 1 aliphatic rings. The molecule has 1 aliphatic heterocycles. The second-order valence-corrected chi connectivity index (χ2v) is 7.71. The van der Waals surface area contributed by atoms with E-state index < -0.39 is 11.6 Å². The zero-order chi connectivity index (χ0) is 19.1. The summed E-state index contributed by atoms with van der Waals surface area (Å²) < 4.78 is 5.44. The van der Waals surface area contributed by atoms with Crippen LogP contribution in [0, 0.1) is 5.92 Å². The molecule has 3 rings (SSSR count). The zero-order valence-electron chi connectivity index (χ0n) is 15.4. The van der Waals surface area contributed by atoms with Crippen LogP contribution in [0.15, 0.2) is 18.5 Å². The molecule has 3 heterocycles. The number of rotatable bonds is 3. The lowest BCUT2D eigenvalue weighted by atomic mass is 10.0. The Morgan fingerprint density at radius 1 is 1.38 bits per heavy atom. The minimum atomic E-state index is -1.04. The number of nitrogens with one attached hydrogen (secondary N) is 2. The molecule has 3 N–H and O–H groups in total. The fraction of sp³-hybridized carbons (Fsp3) is 0.500. The zero-order valence-corrected chi connectivity index (χ0v) is 15.4. The molecule has 1 saturated heterocycles. The first-order chi connectivity index (χ1) is 12.2. The molecule has 0 aliphatic carbocycles. The van der Waals surface area contributed by atoms with E-state index >= 15 is 0 Å². The van der Waals surface area contributed by atoms with Gasteiger partial charge in [-0.3, -0.25) is 0 Å². The fourth-order valence-electron chi connectivity index (χ4n) is 3.14. The van der Waals surface area contributed by atoms with Crippen LogP contribution < -0.4 is 5.32 Å². The summed E-state index contributed by atoms with van der Waals surface area (Å²) in [6, 6.07) is 1.71. The van der Waals surface area contributed by atoms with E-state index in [4.69, 9.17) is 4.74 Å². The minimum Gasteiger partial charge on any atom is -0.478 e. The fourth-order valence-corrected chi connectivity index (χ4v) is 3.14. The number of carbonyl (C=O) groups is 2. The average molecular weight is 360 g/mol. The van der Waals surface area contributed by atoms with Gasteiger partial charge in [-0.2, -0.15) is 0 Å². The van der Waals surface area contributed by atoms with E-state index in [1.54, 1.807) is 17.2 Å². The van der Waals surface area contributed by atoms with Crippen LogP contribution >= 0.6 is 0 Å². The van der Waals surface area contributed by atoms with Crippen LogP contribution in [0.4, 0.5) is 10.5 Å². The number of carboxylic acid groups (broad SMARTS) is 1. The molecule has 2 atom stereocenters. The quantitative estimate of drug-likeness (QED) is 0.777. The number of aromatic nitrogens is 2. The average Bonchev–Trinajstić information content (AvgIpc) is 3.13. The van der Waals surface area contributed by atoms with Crippen molar-refractivity contribution in [1.29, 1.82) is 0 Å². The van der Waals surface area contributed by atoms with E-state index in [2.05, 4.69) is 15.3 Å². The van der Waals surface area contributed by atoms with Crippen molar-refractivity contribution >= 4 is 28.8 Å². The van der Waals surface area contributed by atoms with Gasteiger partial charge in [-0.1, -0.05) is 6.92 Å². The summed E-state index contributed by atoms with van der Waals surface area (Å²) in [5.74, 6) is -0.899. The van der Waals surface area contributed by atoms with Gasteiger partial charge in [0.25, 0.3) is 0 Å².